The molecule has 0 spiro atoms. The molecule has 0 aromatic heterocycles. The monoisotopic (exact) mass is 207 g/mol. The van der Waals surface area contributed by atoms with Crippen LogP contribution in [0.5, 0.6) is 0 Å². The smallest absolute Gasteiger partial charge is 0.0402 e. The second-order valence-corrected chi connectivity index (χ2v) is 0.949. The Kier molecular flexibility index (Phi) is 125. The summed E-state index contributed by atoms with van der Waals surface area (Å²) in [7, 11) is 0. The molecule has 0 aliphatic carbocycles. The molecule has 0 aromatic carbocycles. The van der Waals surface area contributed by atoms with Gasteiger partial charge in [-0.05, 0) is 20.8 Å². The number of rotatable bonds is 0. The van der Waals surface area contributed by atoms with Gasteiger partial charge in [0.1, 0.15) is 0 Å². The van der Waals surface area contributed by atoms with E-state index in [4.69, 9.17) is 15.3 Å². The minimum absolute atomic E-state index is 0. The topological polar surface area (TPSA) is 60.7 Å². The van der Waals surface area contributed by atoms with Gasteiger partial charge in [0.25, 0.3) is 0 Å². The van der Waals surface area contributed by atoms with Crippen molar-refractivity contribution in [3.8, 4) is 0 Å². The summed E-state index contributed by atoms with van der Waals surface area (Å²) in [4.78, 5) is 0. The van der Waals surface area contributed by atoms with Gasteiger partial charge in [-0.2, -0.15) is 0 Å². The van der Waals surface area contributed by atoms with Crippen LogP contribution >= 0.6 is 0 Å². The molecule has 0 saturated heterocycles. The molecule has 0 saturated carbocycles. The van der Waals surface area contributed by atoms with Crippen molar-refractivity contribution in [1.29, 1.82) is 0 Å². The van der Waals surface area contributed by atoms with E-state index < -0.39 is 0 Å². The van der Waals surface area contributed by atoms with Gasteiger partial charge < -0.3 is 15.3 Å². The number of hydrogen-bond donors (Lipinski definition) is 3. The molecular formula is C6H18GaO3. The Hall–Kier alpha value is 0.516. The number of aliphatic hydroxyl groups is 3. The SMILES string of the molecule is CCO.CCO.CCO.[Ga]. The largest absolute Gasteiger partial charge is 0.397 e. The molecular weight excluding hydrogens is 190 g/mol. The first-order valence-corrected chi connectivity index (χ1v) is 3.07. The molecule has 3 nitrogen and oxygen atoms in total. The van der Waals surface area contributed by atoms with Crippen molar-refractivity contribution in [3.63, 3.8) is 0 Å². The summed E-state index contributed by atoms with van der Waals surface area (Å²) in [5, 5.41) is 22.7. The third kappa shape index (κ3) is 1800. The normalized spacial score (nSPS) is 5.40. The molecule has 0 bridgehead atoms. The Morgan fingerprint density at radius 1 is 0.700 bits per heavy atom. The molecule has 4 heteroatoms. The summed E-state index contributed by atoms with van der Waals surface area (Å²) in [6.45, 7) is 5.79. The molecule has 0 aliphatic rings. The van der Waals surface area contributed by atoms with Gasteiger partial charge in [0, 0.05) is 39.6 Å². The molecule has 3 radical (unpaired) electrons. The van der Waals surface area contributed by atoms with Gasteiger partial charge >= 0.3 is 0 Å². The Labute approximate surface area is 76.1 Å². The van der Waals surface area contributed by atoms with Crippen molar-refractivity contribution in [2.24, 2.45) is 0 Å². The van der Waals surface area contributed by atoms with E-state index >= 15 is 0 Å². The first-order chi connectivity index (χ1) is 4.24. The molecule has 0 amide bonds. The average Bonchev–Trinajstić information content (AvgIpc) is 1.70. The Morgan fingerprint density at radius 2 is 0.700 bits per heavy atom. The van der Waals surface area contributed by atoms with E-state index in [2.05, 4.69) is 0 Å². The van der Waals surface area contributed by atoms with Crippen molar-refractivity contribution in [2.75, 3.05) is 19.8 Å². The van der Waals surface area contributed by atoms with Crippen LogP contribution in [0.25, 0.3) is 0 Å². The minimum Gasteiger partial charge on any atom is -0.397 e. The molecule has 0 aliphatic heterocycles. The fourth-order valence-corrected chi connectivity index (χ4v) is 0. The third-order valence-electron chi connectivity index (χ3n) is 0. The van der Waals surface area contributed by atoms with Gasteiger partial charge in [0.15, 0.2) is 0 Å². The predicted molar refractivity (Wildman–Crippen MR) is 44.0 cm³/mol. The number of hydrogen-bond acceptors (Lipinski definition) is 3. The molecule has 3 N–H and O–H groups in total. The molecule has 0 atom stereocenters. The van der Waals surface area contributed by atoms with E-state index in [1.165, 1.54) is 0 Å². The summed E-state index contributed by atoms with van der Waals surface area (Å²) < 4.78 is 0. The van der Waals surface area contributed by atoms with Crippen molar-refractivity contribution < 1.29 is 15.3 Å². The van der Waals surface area contributed by atoms with Gasteiger partial charge in [-0.15, -0.1) is 0 Å². The van der Waals surface area contributed by atoms with Crippen LogP contribution in [0.15, 0.2) is 0 Å². The first-order valence-electron chi connectivity index (χ1n) is 3.07. The van der Waals surface area contributed by atoms with E-state index in [-0.39, 0.29) is 39.6 Å². The third-order valence-corrected chi connectivity index (χ3v) is 0. The van der Waals surface area contributed by atoms with Gasteiger partial charge in [0.2, 0.25) is 0 Å². The van der Waals surface area contributed by atoms with Crippen LogP contribution in [0.3, 0.4) is 0 Å². The van der Waals surface area contributed by atoms with Crippen LogP contribution in [-0.2, 0) is 0 Å². The maximum Gasteiger partial charge on any atom is 0.0402 e. The van der Waals surface area contributed by atoms with Crippen LogP contribution in [0.1, 0.15) is 20.8 Å². The molecule has 0 unspecified atom stereocenters. The van der Waals surface area contributed by atoms with Crippen LogP contribution in [0.4, 0.5) is 0 Å². The van der Waals surface area contributed by atoms with E-state index in [1.807, 2.05) is 0 Å². The molecule has 10 heavy (non-hydrogen) atoms. The van der Waals surface area contributed by atoms with Crippen molar-refractivity contribution >= 4 is 19.8 Å². The summed E-state index contributed by atoms with van der Waals surface area (Å²) in [6, 6.07) is 0. The Bertz CT molecular complexity index is 17.7. The molecule has 0 rings (SSSR count). The summed E-state index contributed by atoms with van der Waals surface area (Å²) in [5.74, 6) is 0. The van der Waals surface area contributed by atoms with Gasteiger partial charge in [-0.3, -0.25) is 0 Å². The predicted octanol–water partition coefficient (Wildman–Crippen LogP) is -0.385. The van der Waals surface area contributed by atoms with E-state index in [0.29, 0.717) is 0 Å². The maximum absolute atomic E-state index is 7.57. The van der Waals surface area contributed by atoms with Crippen LogP contribution in [0, 0.1) is 0 Å². The van der Waals surface area contributed by atoms with Gasteiger partial charge in [-0.25, -0.2) is 0 Å². The van der Waals surface area contributed by atoms with Crippen LogP contribution < -0.4 is 0 Å². The van der Waals surface area contributed by atoms with E-state index in [9.17, 15) is 0 Å². The summed E-state index contributed by atoms with van der Waals surface area (Å²) >= 11 is 0. The fourth-order valence-electron chi connectivity index (χ4n) is 0. The standard InChI is InChI=1S/3C2H6O.Ga/c3*1-2-3;/h3*3H,2H2,1H3;. The summed E-state index contributed by atoms with van der Waals surface area (Å²) in [5.41, 5.74) is 0. The zero-order valence-electron chi connectivity index (χ0n) is 7.04. The zero-order chi connectivity index (χ0) is 8.12. The quantitative estimate of drug-likeness (QED) is 0.475. The van der Waals surface area contributed by atoms with Crippen molar-refractivity contribution in [3.05, 3.63) is 0 Å². The second-order valence-electron chi connectivity index (χ2n) is 0.949. The van der Waals surface area contributed by atoms with E-state index in [0.717, 1.165) is 0 Å². The van der Waals surface area contributed by atoms with Crippen LogP contribution in [-0.4, -0.2) is 54.9 Å². The summed E-state index contributed by atoms with van der Waals surface area (Å²) in [6.07, 6.45) is 0. The van der Waals surface area contributed by atoms with Crippen molar-refractivity contribution in [1.82, 2.24) is 0 Å². The van der Waals surface area contributed by atoms with Gasteiger partial charge in [-0.1, -0.05) is 0 Å². The minimum atomic E-state index is 0. The zero-order valence-corrected chi connectivity index (χ0v) is 9.46. The van der Waals surface area contributed by atoms with E-state index in [1.54, 1.807) is 20.8 Å². The Balaban J connectivity index is -0.0000000257. The Morgan fingerprint density at radius 3 is 0.700 bits per heavy atom. The van der Waals surface area contributed by atoms with Gasteiger partial charge in [0.05, 0.1) is 0 Å². The molecule has 63 valence electrons. The first kappa shape index (κ1) is 22.4. The second kappa shape index (κ2) is 55.8. The van der Waals surface area contributed by atoms with Crippen LogP contribution in [0.2, 0.25) is 0 Å². The molecule has 0 aromatic rings. The van der Waals surface area contributed by atoms with Crippen molar-refractivity contribution in [2.45, 2.75) is 20.8 Å². The molecule has 0 heterocycles. The fraction of sp³-hybridized carbons (Fsp3) is 1.00. The average molecular weight is 208 g/mol. The maximum atomic E-state index is 7.57. The number of aliphatic hydroxyl groups excluding tert-OH is 3. The molecule has 0 fully saturated rings.